The van der Waals surface area contributed by atoms with Gasteiger partial charge >= 0.3 is 0 Å². The second-order valence-corrected chi connectivity index (χ2v) is 6.48. The molecule has 0 heterocycles. The smallest absolute Gasteiger partial charge is 0.0326 e. The molecule has 1 aromatic rings. The van der Waals surface area contributed by atoms with Crippen LogP contribution in [0.5, 0.6) is 0 Å². The van der Waals surface area contributed by atoms with Crippen LogP contribution in [0.2, 0.25) is 0 Å². The number of anilines is 1. The van der Waals surface area contributed by atoms with Crippen molar-refractivity contribution in [3.8, 4) is 0 Å². The van der Waals surface area contributed by atoms with Crippen molar-refractivity contribution in [3.05, 3.63) is 29.3 Å². The van der Waals surface area contributed by atoms with Crippen molar-refractivity contribution in [2.24, 2.45) is 11.8 Å². The third-order valence-corrected chi connectivity index (χ3v) is 5.16. The number of fused-ring (bicyclic) bond motifs is 1. The SMILES string of the molecule is CC1CCCCC1CNC1CCc2cc(N)ccc21. The van der Waals surface area contributed by atoms with Crippen LogP contribution < -0.4 is 11.1 Å². The van der Waals surface area contributed by atoms with Crippen molar-refractivity contribution in [1.29, 1.82) is 0 Å². The van der Waals surface area contributed by atoms with Crippen molar-refractivity contribution in [3.63, 3.8) is 0 Å². The summed E-state index contributed by atoms with van der Waals surface area (Å²) in [6.45, 7) is 3.62. The van der Waals surface area contributed by atoms with Crippen LogP contribution in [-0.2, 0) is 6.42 Å². The average Bonchev–Trinajstić information content (AvgIpc) is 2.80. The molecule has 2 nitrogen and oxygen atoms in total. The van der Waals surface area contributed by atoms with E-state index < -0.39 is 0 Å². The number of aryl methyl sites for hydroxylation is 1. The molecule has 0 radical (unpaired) electrons. The monoisotopic (exact) mass is 258 g/mol. The molecule has 2 aliphatic rings. The van der Waals surface area contributed by atoms with Crippen LogP contribution in [0, 0.1) is 11.8 Å². The number of hydrogen-bond donors (Lipinski definition) is 2. The van der Waals surface area contributed by atoms with E-state index in [9.17, 15) is 0 Å². The molecule has 1 aromatic carbocycles. The van der Waals surface area contributed by atoms with Crippen LogP contribution in [0.1, 0.15) is 56.2 Å². The predicted octanol–water partition coefficient (Wildman–Crippen LogP) is 3.67. The minimum Gasteiger partial charge on any atom is -0.399 e. The Balaban J connectivity index is 1.60. The van der Waals surface area contributed by atoms with E-state index in [0.717, 1.165) is 17.5 Å². The Hall–Kier alpha value is -1.02. The van der Waals surface area contributed by atoms with Crippen LogP contribution in [0.25, 0.3) is 0 Å². The molecule has 0 aromatic heterocycles. The van der Waals surface area contributed by atoms with Gasteiger partial charge in [-0.15, -0.1) is 0 Å². The highest BCUT2D eigenvalue weighted by Gasteiger charge is 2.25. The first-order valence-electron chi connectivity index (χ1n) is 7.85. The number of nitrogens with one attached hydrogen (secondary N) is 1. The fourth-order valence-electron chi connectivity index (χ4n) is 3.84. The van der Waals surface area contributed by atoms with Gasteiger partial charge in [0, 0.05) is 11.7 Å². The van der Waals surface area contributed by atoms with Crippen LogP contribution in [0.4, 0.5) is 5.69 Å². The average molecular weight is 258 g/mol. The van der Waals surface area contributed by atoms with Gasteiger partial charge in [0.25, 0.3) is 0 Å². The second-order valence-electron chi connectivity index (χ2n) is 6.48. The van der Waals surface area contributed by atoms with Gasteiger partial charge in [0.2, 0.25) is 0 Å². The van der Waals surface area contributed by atoms with E-state index in [-0.39, 0.29) is 0 Å². The maximum atomic E-state index is 5.86. The third kappa shape index (κ3) is 2.79. The van der Waals surface area contributed by atoms with E-state index in [4.69, 9.17) is 5.73 Å². The Morgan fingerprint density at radius 3 is 2.89 bits per heavy atom. The topological polar surface area (TPSA) is 38.0 Å². The van der Waals surface area contributed by atoms with Gasteiger partial charge in [-0.1, -0.05) is 32.3 Å². The molecule has 1 saturated carbocycles. The number of hydrogen-bond acceptors (Lipinski definition) is 2. The summed E-state index contributed by atoms with van der Waals surface area (Å²) in [5, 5.41) is 3.82. The Kier molecular flexibility index (Phi) is 3.79. The van der Waals surface area contributed by atoms with Crippen LogP contribution in [0.3, 0.4) is 0 Å². The van der Waals surface area contributed by atoms with E-state index in [1.165, 1.54) is 56.2 Å². The standard InChI is InChI=1S/C17H26N2/c1-12-4-2-3-5-14(12)11-19-17-9-6-13-10-15(18)7-8-16(13)17/h7-8,10,12,14,17,19H,2-6,9,11,18H2,1H3. The second kappa shape index (κ2) is 5.54. The van der Waals surface area contributed by atoms with E-state index in [1.54, 1.807) is 0 Å². The van der Waals surface area contributed by atoms with Gasteiger partial charge in [-0.2, -0.15) is 0 Å². The van der Waals surface area contributed by atoms with E-state index in [0.29, 0.717) is 6.04 Å². The van der Waals surface area contributed by atoms with Gasteiger partial charge < -0.3 is 11.1 Å². The molecule has 0 aliphatic heterocycles. The molecule has 3 atom stereocenters. The summed E-state index contributed by atoms with van der Waals surface area (Å²) in [5.41, 5.74) is 9.70. The lowest BCUT2D eigenvalue weighted by Crippen LogP contribution is -2.31. The molecule has 3 unspecified atom stereocenters. The molecule has 2 heteroatoms. The van der Waals surface area contributed by atoms with Crippen molar-refractivity contribution in [2.45, 2.75) is 51.5 Å². The van der Waals surface area contributed by atoms with Crippen molar-refractivity contribution >= 4 is 5.69 Å². The molecule has 104 valence electrons. The van der Waals surface area contributed by atoms with Gasteiger partial charge in [0.15, 0.2) is 0 Å². The minimum atomic E-state index is 0.560. The molecule has 2 aliphatic carbocycles. The van der Waals surface area contributed by atoms with E-state index in [1.807, 2.05) is 6.07 Å². The van der Waals surface area contributed by atoms with Crippen LogP contribution >= 0.6 is 0 Å². The third-order valence-electron chi connectivity index (χ3n) is 5.16. The highest BCUT2D eigenvalue weighted by atomic mass is 14.9. The Morgan fingerprint density at radius 2 is 2.05 bits per heavy atom. The summed E-state index contributed by atoms with van der Waals surface area (Å²) in [6.07, 6.45) is 8.11. The molecule has 0 amide bonds. The summed E-state index contributed by atoms with van der Waals surface area (Å²) < 4.78 is 0. The summed E-state index contributed by atoms with van der Waals surface area (Å²) >= 11 is 0. The number of rotatable bonds is 3. The maximum Gasteiger partial charge on any atom is 0.0326 e. The molecular weight excluding hydrogens is 232 g/mol. The lowest BCUT2D eigenvalue weighted by Gasteiger charge is -2.30. The lowest BCUT2D eigenvalue weighted by atomic mass is 9.80. The molecule has 0 saturated heterocycles. The summed E-state index contributed by atoms with van der Waals surface area (Å²) in [4.78, 5) is 0. The summed E-state index contributed by atoms with van der Waals surface area (Å²) in [6, 6.07) is 6.98. The Labute approximate surface area is 116 Å². The quantitative estimate of drug-likeness (QED) is 0.812. The Morgan fingerprint density at radius 1 is 1.21 bits per heavy atom. The van der Waals surface area contributed by atoms with Crippen LogP contribution in [-0.4, -0.2) is 6.54 Å². The number of benzene rings is 1. The molecule has 3 rings (SSSR count). The van der Waals surface area contributed by atoms with Crippen molar-refractivity contribution < 1.29 is 0 Å². The minimum absolute atomic E-state index is 0.560. The molecule has 0 bridgehead atoms. The predicted molar refractivity (Wildman–Crippen MR) is 81.0 cm³/mol. The highest BCUT2D eigenvalue weighted by Crippen LogP contribution is 2.34. The van der Waals surface area contributed by atoms with Gasteiger partial charge in [0.1, 0.15) is 0 Å². The summed E-state index contributed by atoms with van der Waals surface area (Å²) in [5.74, 6) is 1.78. The fourth-order valence-corrected chi connectivity index (χ4v) is 3.84. The van der Waals surface area contributed by atoms with E-state index in [2.05, 4.69) is 24.4 Å². The molecule has 0 spiro atoms. The lowest BCUT2D eigenvalue weighted by molar-refractivity contribution is 0.240. The van der Waals surface area contributed by atoms with Gasteiger partial charge in [-0.05, 0) is 60.9 Å². The largest absolute Gasteiger partial charge is 0.399 e. The molecule has 19 heavy (non-hydrogen) atoms. The summed E-state index contributed by atoms with van der Waals surface area (Å²) in [7, 11) is 0. The molecule has 3 N–H and O–H groups in total. The number of nitrogens with two attached hydrogens (primary N) is 1. The zero-order valence-corrected chi connectivity index (χ0v) is 12.0. The Bertz CT molecular complexity index is 441. The maximum absolute atomic E-state index is 5.86. The van der Waals surface area contributed by atoms with Gasteiger partial charge in [-0.3, -0.25) is 0 Å². The van der Waals surface area contributed by atoms with Crippen molar-refractivity contribution in [2.75, 3.05) is 12.3 Å². The normalized spacial score (nSPS) is 30.3. The fraction of sp³-hybridized carbons (Fsp3) is 0.647. The van der Waals surface area contributed by atoms with Gasteiger partial charge in [-0.25, -0.2) is 0 Å². The first-order chi connectivity index (χ1) is 9.24. The highest BCUT2D eigenvalue weighted by molar-refractivity contribution is 5.47. The number of nitrogen functional groups attached to an aromatic ring is 1. The zero-order valence-electron chi connectivity index (χ0n) is 12.0. The molecular formula is C17H26N2. The first kappa shape index (κ1) is 13.0. The zero-order chi connectivity index (χ0) is 13.2. The molecule has 1 fully saturated rings. The van der Waals surface area contributed by atoms with Crippen LogP contribution in [0.15, 0.2) is 18.2 Å². The first-order valence-corrected chi connectivity index (χ1v) is 7.85. The van der Waals surface area contributed by atoms with Crippen molar-refractivity contribution in [1.82, 2.24) is 5.32 Å². The van der Waals surface area contributed by atoms with Gasteiger partial charge in [0.05, 0.1) is 0 Å². The van der Waals surface area contributed by atoms with E-state index >= 15 is 0 Å².